The van der Waals surface area contributed by atoms with E-state index >= 15 is 0 Å². The molecule has 0 saturated carbocycles. The highest BCUT2D eigenvalue weighted by Crippen LogP contribution is 2.09. The van der Waals surface area contributed by atoms with E-state index in [0.717, 1.165) is 11.1 Å². The van der Waals surface area contributed by atoms with Crippen LogP contribution in [0.5, 0.6) is 0 Å². The van der Waals surface area contributed by atoms with Gasteiger partial charge in [0.05, 0.1) is 6.42 Å². The molecular weight excluding hydrogens is 242 g/mol. The van der Waals surface area contributed by atoms with Gasteiger partial charge in [0.25, 0.3) is 0 Å². The Kier molecular flexibility index (Phi) is 5.60. The fourth-order valence-electron chi connectivity index (χ4n) is 1.39. The SMILES string of the molecule is C=C(C)CNC(=O)Nc1ccc(CC(=O)NC)cc1. The van der Waals surface area contributed by atoms with Crippen LogP contribution in [0, 0.1) is 0 Å². The number of amides is 3. The monoisotopic (exact) mass is 261 g/mol. The van der Waals surface area contributed by atoms with Crippen LogP contribution in [-0.2, 0) is 11.2 Å². The predicted octanol–water partition coefficient (Wildman–Crippen LogP) is 1.67. The number of nitrogens with one attached hydrogen (secondary N) is 3. The van der Waals surface area contributed by atoms with Gasteiger partial charge in [-0.15, -0.1) is 0 Å². The molecule has 0 heterocycles. The fraction of sp³-hybridized carbons (Fsp3) is 0.286. The maximum Gasteiger partial charge on any atom is 0.319 e. The van der Waals surface area contributed by atoms with E-state index in [1.165, 1.54) is 0 Å². The molecule has 0 bridgehead atoms. The average Bonchev–Trinajstić information content (AvgIpc) is 2.38. The lowest BCUT2D eigenvalue weighted by atomic mass is 10.1. The third-order valence-corrected chi connectivity index (χ3v) is 2.41. The molecule has 0 atom stereocenters. The Morgan fingerprint density at radius 3 is 2.37 bits per heavy atom. The molecule has 1 aromatic rings. The lowest BCUT2D eigenvalue weighted by Crippen LogP contribution is -2.29. The van der Waals surface area contributed by atoms with Crippen molar-refractivity contribution in [2.75, 3.05) is 18.9 Å². The summed E-state index contributed by atoms with van der Waals surface area (Å²) in [6.45, 7) is 5.99. The molecule has 0 aliphatic rings. The summed E-state index contributed by atoms with van der Waals surface area (Å²) in [4.78, 5) is 22.7. The van der Waals surface area contributed by atoms with Gasteiger partial charge in [-0.2, -0.15) is 0 Å². The normalized spacial score (nSPS) is 9.58. The summed E-state index contributed by atoms with van der Waals surface area (Å²) < 4.78 is 0. The first kappa shape index (κ1) is 14.8. The highest BCUT2D eigenvalue weighted by atomic mass is 16.2. The van der Waals surface area contributed by atoms with Crippen molar-refractivity contribution in [3.05, 3.63) is 42.0 Å². The minimum absolute atomic E-state index is 0.0417. The van der Waals surface area contributed by atoms with Crippen molar-refractivity contribution >= 4 is 17.6 Å². The van der Waals surface area contributed by atoms with Crippen molar-refractivity contribution in [2.45, 2.75) is 13.3 Å². The zero-order chi connectivity index (χ0) is 14.3. The van der Waals surface area contributed by atoms with Crippen LogP contribution in [0.3, 0.4) is 0 Å². The number of carbonyl (C=O) groups excluding carboxylic acids is 2. The highest BCUT2D eigenvalue weighted by Gasteiger charge is 2.03. The Morgan fingerprint density at radius 2 is 1.84 bits per heavy atom. The molecule has 0 aliphatic heterocycles. The van der Waals surface area contributed by atoms with Crippen LogP contribution in [0.4, 0.5) is 10.5 Å². The Morgan fingerprint density at radius 1 is 1.21 bits per heavy atom. The van der Waals surface area contributed by atoms with Gasteiger partial charge >= 0.3 is 6.03 Å². The van der Waals surface area contributed by atoms with Gasteiger partial charge in [0.15, 0.2) is 0 Å². The molecule has 1 aromatic carbocycles. The smallest absolute Gasteiger partial charge is 0.319 e. The molecule has 0 aromatic heterocycles. The molecule has 0 fully saturated rings. The Bertz CT molecular complexity index is 466. The first-order valence-electron chi connectivity index (χ1n) is 6.00. The predicted molar refractivity (Wildman–Crippen MR) is 76.0 cm³/mol. The van der Waals surface area contributed by atoms with Crippen LogP contribution in [-0.4, -0.2) is 25.5 Å². The first-order valence-corrected chi connectivity index (χ1v) is 6.00. The summed E-state index contributed by atoms with van der Waals surface area (Å²) in [5.41, 5.74) is 2.46. The molecule has 0 radical (unpaired) electrons. The van der Waals surface area contributed by atoms with Crippen molar-refractivity contribution in [2.24, 2.45) is 0 Å². The summed E-state index contributed by atoms with van der Waals surface area (Å²) >= 11 is 0. The molecule has 0 aliphatic carbocycles. The van der Waals surface area contributed by atoms with Crippen molar-refractivity contribution in [1.29, 1.82) is 0 Å². The van der Waals surface area contributed by atoms with Crippen molar-refractivity contribution in [3.63, 3.8) is 0 Å². The number of urea groups is 1. The van der Waals surface area contributed by atoms with E-state index in [1.54, 1.807) is 19.2 Å². The number of hydrogen-bond donors (Lipinski definition) is 3. The number of benzene rings is 1. The average molecular weight is 261 g/mol. The van der Waals surface area contributed by atoms with Gasteiger partial charge in [0.2, 0.25) is 5.91 Å². The van der Waals surface area contributed by atoms with Gasteiger partial charge in [-0.25, -0.2) is 4.79 Å². The number of rotatable bonds is 5. The van der Waals surface area contributed by atoms with Crippen LogP contribution in [0.15, 0.2) is 36.4 Å². The van der Waals surface area contributed by atoms with E-state index < -0.39 is 0 Å². The summed E-state index contributed by atoms with van der Waals surface area (Å²) in [6.07, 6.45) is 0.332. The van der Waals surface area contributed by atoms with E-state index in [0.29, 0.717) is 18.7 Å². The molecule has 102 valence electrons. The van der Waals surface area contributed by atoms with Crippen LogP contribution in [0.25, 0.3) is 0 Å². The summed E-state index contributed by atoms with van der Waals surface area (Å²) in [6, 6.07) is 6.87. The van der Waals surface area contributed by atoms with Gasteiger partial charge in [-0.05, 0) is 24.6 Å². The molecule has 5 heteroatoms. The van der Waals surface area contributed by atoms with Crippen molar-refractivity contribution in [3.8, 4) is 0 Å². The quantitative estimate of drug-likeness (QED) is 0.706. The van der Waals surface area contributed by atoms with E-state index in [1.807, 2.05) is 19.1 Å². The molecule has 0 unspecified atom stereocenters. The molecule has 1 rings (SSSR count). The Labute approximate surface area is 113 Å². The van der Waals surface area contributed by atoms with Gasteiger partial charge < -0.3 is 16.0 Å². The second-order valence-electron chi connectivity index (χ2n) is 4.31. The molecule has 3 N–H and O–H groups in total. The van der Waals surface area contributed by atoms with Crippen LogP contribution < -0.4 is 16.0 Å². The van der Waals surface area contributed by atoms with Gasteiger partial charge in [0.1, 0.15) is 0 Å². The number of carbonyl (C=O) groups is 2. The van der Waals surface area contributed by atoms with E-state index in [4.69, 9.17) is 0 Å². The molecule has 5 nitrogen and oxygen atoms in total. The standard InChI is InChI=1S/C14H19N3O2/c1-10(2)9-16-14(19)17-12-6-4-11(5-7-12)8-13(18)15-3/h4-7H,1,8-9H2,2-3H3,(H,15,18)(H2,16,17,19). The van der Waals surface area contributed by atoms with Gasteiger partial charge in [0, 0.05) is 19.3 Å². The van der Waals surface area contributed by atoms with Crippen LogP contribution in [0.2, 0.25) is 0 Å². The van der Waals surface area contributed by atoms with Crippen molar-refractivity contribution in [1.82, 2.24) is 10.6 Å². The second-order valence-corrected chi connectivity index (χ2v) is 4.31. The molecule has 19 heavy (non-hydrogen) atoms. The number of likely N-dealkylation sites (N-methyl/N-ethyl adjacent to an activating group) is 1. The Hall–Kier alpha value is -2.30. The van der Waals surface area contributed by atoms with E-state index in [2.05, 4.69) is 22.5 Å². The molecule has 3 amide bonds. The third-order valence-electron chi connectivity index (χ3n) is 2.41. The summed E-state index contributed by atoms with van der Waals surface area (Å²) in [5.74, 6) is -0.0417. The Balaban J connectivity index is 2.50. The van der Waals surface area contributed by atoms with Crippen LogP contribution in [0.1, 0.15) is 12.5 Å². The van der Waals surface area contributed by atoms with E-state index in [-0.39, 0.29) is 11.9 Å². The molecule has 0 spiro atoms. The largest absolute Gasteiger partial charge is 0.359 e. The lowest BCUT2D eigenvalue weighted by Gasteiger charge is -2.08. The highest BCUT2D eigenvalue weighted by molar-refractivity contribution is 5.89. The zero-order valence-corrected chi connectivity index (χ0v) is 11.2. The second kappa shape index (κ2) is 7.20. The minimum atomic E-state index is -0.276. The topological polar surface area (TPSA) is 70.2 Å². The van der Waals surface area contributed by atoms with Crippen molar-refractivity contribution < 1.29 is 9.59 Å². The number of hydrogen-bond acceptors (Lipinski definition) is 2. The third kappa shape index (κ3) is 5.72. The number of anilines is 1. The lowest BCUT2D eigenvalue weighted by molar-refractivity contribution is -0.119. The summed E-state index contributed by atoms with van der Waals surface area (Å²) in [5, 5.41) is 7.93. The van der Waals surface area contributed by atoms with Gasteiger partial charge in [-0.3, -0.25) is 4.79 Å². The van der Waals surface area contributed by atoms with Crippen LogP contribution >= 0.6 is 0 Å². The maximum atomic E-state index is 11.5. The zero-order valence-electron chi connectivity index (χ0n) is 11.2. The maximum absolute atomic E-state index is 11.5. The fourth-order valence-corrected chi connectivity index (χ4v) is 1.39. The molecule has 0 saturated heterocycles. The summed E-state index contributed by atoms with van der Waals surface area (Å²) in [7, 11) is 1.60. The minimum Gasteiger partial charge on any atom is -0.359 e. The first-order chi connectivity index (χ1) is 9.01. The molecular formula is C14H19N3O2. The van der Waals surface area contributed by atoms with Gasteiger partial charge in [-0.1, -0.05) is 24.3 Å². The van der Waals surface area contributed by atoms with E-state index in [9.17, 15) is 9.59 Å².